The Labute approximate surface area is 90.2 Å². The van der Waals surface area contributed by atoms with E-state index in [1.807, 2.05) is 0 Å². The van der Waals surface area contributed by atoms with E-state index in [4.69, 9.17) is 14.3 Å². The number of aromatic carboxylic acids is 1. The number of rotatable bonds is 2. The summed E-state index contributed by atoms with van der Waals surface area (Å²) in [4.78, 5) is 22.3. The van der Waals surface area contributed by atoms with E-state index in [2.05, 4.69) is 5.32 Å². The van der Waals surface area contributed by atoms with Crippen LogP contribution >= 0.6 is 0 Å². The van der Waals surface area contributed by atoms with E-state index in [0.717, 1.165) is 12.8 Å². The highest BCUT2D eigenvalue weighted by atomic mass is 16.6. The van der Waals surface area contributed by atoms with Crippen LogP contribution in [0.1, 0.15) is 23.4 Å². The van der Waals surface area contributed by atoms with Gasteiger partial charge in [0.05, 0.1) is 0 Å². The Morgan fingerprint density at radius 1 is 1.50 bits per heavy atom. The molecule has 1 aliphatic carbocycles. The number of fused-ring (bicyclic) bond motifs is 1. The molecule has 1 atom stereocenters. The molecule has 1 fully saturated rings. The van der Waals surface area contributed by atoms with Crippen LogP contribution in [0.3, 0.4) is 0 Å². The van der Waals surface area contributed by atoms with Gasteiger partial charge in [0.15, 0.2) is 6.10 Å². The first-order valence-corrected chi connectivity index (χ1v) is 5.00. The predicted octanol–water partition coefficient (Wildman–Crippen LogP) is 1.09. The molecule has 3 rings (SSSR count). The number of ether oxygens (including phenoxy) is 1. The SMILES string of the molecule is O=C(O)c1cc2c(o1)OC(C1CC1)C(=O)N2. The smallest absolute Gasteiger partial charge is 0.372 e. The Bertz CT molecular complexity index is 474. The monoisotopic (exact) mass is 223 g/mol. The molecule has 2 heterocycles. The van der Waals surface area contributed by atoms with Gasteiger partial charge in [0, 0.05) is 12.0 Å². The molecule has 6 heteroatoms. The molecule has 1 saturated carbocycles. The van der Waals surface area contributed by atoms with Gasteiger partial charge < -0.3 is 19.6 Å². The first-order valence-electron chi connectivity index (χ1n) is 5.00. The third kappa shape index (κ3) is 1.34. The quantitative estimate of drug-likeness (QED) is 0.783. The first-order chi connectivity index (χ1) is 7.65. The van der Waals surface area contributed by atoms with Crippen molar-refractivity contribution < 1.29 is 23.8 Å². The van der Waals surface area contributed by atoms with Crippen molar-refractivity contribution in [3.05, 3.63) is 11.8 Å². The highest BCUT2D eigenvalue weighted by Gasteiger charge is 2.42. The van der Waals surface area contributed by atoms with Crippen LogP contribution in [-0.2, 0) is 4.79 Å². The molecule has 6 nitrogen and oxygen atoms in total. The van der Waals surface area contributed by atoms with E-state index < -0.39 is 12.1 Å². The Hall–Kier alpha value is -1.98. The number of carboxylic acid groups (broad SMARTS) is 1. The van der Waals surface area contributed by atoms with E-state index in [1.165, 1.54) is 6.07 Å². The molecular formula is C10H9NO5. The van der Waals surface area contributed by atoms with Crippen molar-refractivity contribution in [2.45, 2.75) is 18.9 Å². The lowest BCUT2D eigenvalue weighted by Crippen LogP contribution is -2.38. The molecule has 84 valence electrons. The highest BCUT2D eigenvalue weighted by molar-refractivity contribution is 5.99. The molecule has 2 N–H and O–H groups in total. The number of anilines is 1. The fourth-order valence-electron chi connectivity index (χ4n) is 1.74. The third-order valence-corrected chi connectivity index (χ3v) is 2.71. The minimum absolute atomic E-state index is 0.0916. The Balaban J connectivity index is 1.92. The van der Waals surface area contributed by atoms with Gasteiger partial charge in [-0.05, 0) is 12.8 Å². The van der Waals surface area contributed by atoms with Crippen LogP contribution in [0, 0.1) is 5.92 Å². The summed E-state index contributed by atoms with van der Waals surface area (Å²) in [6, 6.07) is 1.25. The maximum Gasteiger partial charge on any atom is 0.372 e. The zero-order chi connectivity index (χ0) is 11.3. The minimum atomic E-state index is -1.18. The molecule has 1 amide bonds. The van der Waals surface area contributed by atoms with Gasteiger partial charge in [0.1, 0.15) is 5.69 Å². The summed E-state index contributed by atoms with van der Waals surface area (Å²) in [7, 11) is 0. The topological polar surface area (TPSA) is 88.8 Å². The molecule has 0 spiro atoms. The van der Waals surface area contributed by atoms with Gasteiger partial charge in [0.25, 0.3) is 5.91 Å². The number of furan rings is 1. The number of hydrogen-bond acceptors (Lipinski definition) is 4. The number of carbonyl (C=O) groups is 2. The minimum Gasteiger partial charge on any atom is -0.475 e. The average Bonchev–Trinajstić information content (AvgIpc) is 2.97. The van der Waals surface area contributed by atoms with E-state index in [-0.39, 0.29) is 23.5 Å². The number of carboxylic acids is 1. The van der Waals surface area contributed by atoms with Crippen molar-refractivity contribution in [2.24, 2.45) is 5.92 Å². The fourth-order valence-corrected chi connectivity index (χ4v) is 1.74. The fraction of sp³-hybridized carbons (Fsp3) is 0.400. The van der Waals surface area contributed by atoms with E-state index in [0.29, 0.717) is 5.69 Å². The molecule has 2 aliphatic rings. The van der Waals surface area contributed by atoms with Crippen LogP contribution in [0.15, 0.2) is 10.5 Å². The molecule has 0 aromatic carbocycles. The average molecular weight is 223 g/mol. The van der Waals surface area contributed by atoms with E-state index >= 15 is 0 Å². The van der Waals surface area contributed by atoms with Gasteiger partial charge in [0.2, 0.25) is 5.76 Å². The molecule has 0 saturated heterocycles. The van der Waals surface area contributed by atoms with Crippen molar-refractivity contribution in [2.75, 3.05) is 5.32 Å². The predicted molar refractivity (Wildman–Crippen MR) is 51.4 cm³/mol. The van der Waals surface area contributed by atoms with Gasteiger partial charge in [-0.3, -0.25) is 4.79 Å². The van der Waals surface area contributed by atoms with Crippen LogP contribution < -0.4 is 10.1 Å². The summed E-state index contributed by atoms with van der Waals surface area (Å²) >= 11 is 0. The largest absolute Gasteiger partial charge is 0.475 e. The molecule has 0 radical (unpaired) electrons. The van der Waals surface area contributed by atoms with Gasteiger partial charge in [-0.2, -0.15) is 0 Å². The second-order valence-electron chi connectivity index (χ2n) is 3.98. The Kier molecular flexibility index (Phi) is 1.74. The van der Waals surface area contributed by atoms with Gasteiger partial charge >= 0.3 is 11.9 Å². The maximum atomic E-state index is 11.6. The van der Waals surface area contributed by atoms with Crippen molar-refractivity contribution in [3.63, 3.8) is 0 Å². The number of nitrogens with one attached hydrogen (secondary N) is 1. The molecule has 1 aromatic heterocycles. The molecule has 1 aromatic rings. The van der Waals surface area contributed by atoms with Crippen LogP contribution in [-0.4, -0.2) is 23.1 Å². The number of amides is 1. The van der Waals surface area contributed by atoms with E-state index in [9.17, 15) is 9.59 Å². The van der Waals surface area contributed by atoms with Gasteiger partial charge in [-0.1, -0.05) is 0 Å². The van der Waals surface area contributed by atoms with Gasteiger partial charge in [-0.15, -0.1) is 0 Å². The normalized spacial score (nSPS) is 23.2. The van der Waals surface area contributed by atoms with E-state index in [1.54, 1.807) is 0 Å². The standard InChI is InChI=1S/C10H9NO5/c12-8-7(4-1-2-4)16-10-5(11-8)3-6(15-10)9(13)14/h3-4,7H,1-2H2,(H,11,12)(H,13,14). The molecule has 1 aliphatic heterocycles. The lowest BCUT2D eigenvalue weighted by molar-refractivity contribution is -0.125. The zero-order valence-corrected chi connectivity index (χ0v) is 8.23. The lowest BCUT2D eigenvalue weighted by Gasteiger charge is -2.21. The molecule has 0 bridgehead atoms. The maximum absolute atomic E-state index is 11.6. The summed E-state index contributed by atoms with van der Waals surface area (Å²) in [5.41, 5.74) is 0.291. The van der Waals surface area contributed by atoms with Crippen molar-refractivity contribution in [1.29, 1.82) is 0 Å². The molecule has 1 unspecified atom stereocenters. The second-order valence-corrected chi connectivity index (χ2v) is 3.98. The molecule has 16 heavy (non-hydrogen) atoms. The van der Waals surface area contributed by atoms with Crippen molar-refractivity contribution in [1.82, 2.24) is 0 Å². The second kappa shape index (κ2) is 3.01. The summed E-state index contributed by atoms with van der Waals surface area (Å²) in [6.07, 6.45) is 1.38. The highest BCUT2D eigenvalue weighted by Crippen LogP contribution is 2.41. The van der Waals surface area contributed by atoms with Crippen LogP contribution in [0.5, 0.6) is 5.95 Å². The molecular weight excluding hydrogens is 214 g/mol. The number of carbonyl (C=O) groups excluding carboxylic acids is 1. The first kappa shape index (κ1) is 9.26. The summed E-state index contributed by atoms with van der Waals surface area (Å²) in [5.74, 6) is -1.33. The van der Waals surface area contributed by atoms with Gasteiger partial charge in [-0.25, -0.2) is 4.79 Å². The van der Waals surface area contributed by atoms with Crippen LogP contribution in [0.4, 0.5) is 5.69 Å². The zero-order valence-electron chi connectivity index (χ0n) is 8.23. The van der Waals surface area contributed by atoms with Crippen molar-refractivity contribution >= 4 is 17.6 Å². The van der Waals surface area contributed by atoms with Crippen molar-refractivity contribution in [3.8, 4) is 5.95 Å². The summed E-state index contributed by atoms with van der Waals surface area (Å²) < 4.78 is 10.3. The Morgan fingerprint density at radius 2 is 2.25 bits per heavy atom. The lowest BCUT2D eigenvalue weighted by atomic mass is 10.2. The van der Waals surface area contributed by atoms with Crippen LogP contribution in [0.2, 0.25) is 0 Å². The third-order valence-electron chi connectivity index (χ3n) is 2.71. The number of hydrogen-bond donors (Lipinski definition) is 2. The Morgan fingerprint density at radius 3 is 2.88 bits per heavy atom. The summed E-state index contributed by atoms with van der Waals surface area (Å²) in [6.45, 7) is 0. The summed E-state index contributed by atoms with van der Waals surface area (Å²) in [5, 5.41) is 11.3. The van der Waals surface area contributed by atoms with Crippen LogP contribution in [0.25, 0.3) is 0 Å².